The molecular formula is C18H18ClF3N2O4S2. The SMILES string of the molecule is O=S(=O)(NC1CCN(S(=O)(=O)c2ccc(Cl)c(C(F)(F)F)c2)CC1)c1ccccc1. The van der Waals surface area contributed by atoms with Crippen molar-refractivity contribution in [1.29, 1.82) is 0 Å². The lowest BCUT2D eigenvalue weighted by Gasteiger charge is -2.31. The maximum atomic E-state index is 13.0. The molecule has 1 N–H and O–H groups in total. The lowest BCUT2D eigenvalue weighted by atomic mass is 10.1. The van der Waals surface area contributed by atoms with Crippen LogP contribution in [0, 0.1) is 0 Å². The lowest BCUT2D eigenvalue weighted by Crippen LogP contribution is -2.46. The van der Waals surface area contributed by atoms with Crippen molar-refractivity contribution in [2.24, 2.45) is 0 Å². The van der Waals surface area contributed by atoms with Crippen LogP contribution in [-0.2, 0) is 26.2 Å². The highest BCUT2D eigenvalue weighted by molar-refractivity contribution is 7.89. The standard InChI is InChI=1S/C18H18ClF3N2O4S2/c19-17-7-6-15(12-16(17)18(20,21)22)30(27,28)24-10-8-13(9-11-24)23-29(25,26)14-4-2-1-3-5-14/h1-7,12-13,23H,8-11H2. The molecule has 0 saturated carbocycles. The van der Waals surface area contributed by atoms with Crippen molar-refractivity contribution in [3.05, 3.63) is 59.1 Å². The third kappa shape index (κ3) is 4.97. The van der Waals surface area contributed by atoms with Crippen LogP contribution in [-0.4, -0.2) is 40.3 Å². The van der Waals surface area contributed by atoms with Gasteiger partial charge in [-0.25, -0.2) is 21.6 Å². The first-order chi connectivity index (χ1) is 13.9. The van der Waals surface area contributed by atoms with E-state index in [4.69, 9.17) is 11.6 Å². The highest BCUT2D eigenvalue weighted by Gasteiger charge is 2.36. The van der Waals surface area contributed by atoms with Crippen molar-refractivity contribution in [3.8, 4) is 0 Å². The number of piperidine rings is 1. The van der Waals surface area contributed by atoms with Gasteiger partial charge < -0.3 is 0 Å². The lowest BCUT2D eigenvalue weighted by molar-refractivity contribution is -0.137. The van der Waals surface area contributed by atoms with Crippen LogP contribution in [0.1, 0.15) is 18.4 Å². The number of nitrogens with one attached hydrogen (secondary N) is 1. The molecule has 0 atom stereocenters. The summed E-state index contributed by atoms with van der Waals surface area (Å²) in [5.41, 5.74) is -1.23. The van der Waals surface area contributed by atoms with Crippen LogP contribution in [0.5, 0.6) is 0 Å². The molecule has 0 aromatic heterocycles. The summed E-state index contributed by atoms with van der Waals surface area (Å²) in [4.78, 5) is -0.413. The minimum atomic E-state index is -4.79. The number of benzene rings is 2. The Morgan fingerprint density at radius 2 is 1.53 bits per heavy atom. The topological polar surface area (TPSA) is 83.6 Å². The molecule has 164 valence electrons. The van der Waals surface area contributed by atoms with Crippen molar-refractivity contribution in [1.82, 2.24) is 9.03 Å². The third-order valence-corrected chi connectivity index (χ3v) is 8.47. The van der Waals surface area contributed by atoms with Crippen LogP contribution in [0.3, 0.4) is 0 Å². The van der Waals surface area contributed by atoms with E-state index in [1.54, 1.807) is 18.2 Å². The molecule has 12 heteroatoms. The van der Waals surface area contributed by atoms with Gasteiger partial charge in [-0.05, 0) is 43.2 Å². The number of rotatable bonds is 5. The summed E-state index contributed by atoms with van der Waals surface area (Å²) in [5.74, 6) is 0. The summed E-state index contributed by atoms with van der Waals surface area (Å²) in [5, 5.41) is -0.588. The normalized spacial score (nSPS) is 17.2. The van der Waals surface area contributed by atoms with Gasteiger partial charge in [-0.3, -0.25) is 0 Å². The largest absolute Gasteiger partial charge is 0.417 e. The summed E-state index contributed by atoms with van der Waals surface area (Å²) >= 11 is 5.55. The summed E-state index contributed by atoms with van der Waals surface area (Å²) in [7, 11) is -7.93. The zero-order chi connectivity index (χ0) is 22.2. The highest BCUT2D eigenvalue weighted by Crippen LogP contribution is 2.36. The Morgan fingerprint density at radius 3 is 2.10 bits per heavy atom. The summed E-state index contributed by atoms with van der Waals surface area (Å²) in [6.07, 6.45) is -4.42. The third-order valence-electron chi connectivity index (χ3n) is 4.71. The van der Waals surface area contributed by atoms with E-state index in [9.17, 15) is 30.0 Å². The highest BCUT2D eigenvalue weighted by atomic mass is 35.5. The van der Waals surface area contributed by atoms with Gasteiger partial charge in [-0.1, -0.05) is 29.8 Å². The molecule has 3 rings (SSSR count). The zero-order valence-corrected chi connectivity index (χ0v) is 17.8. The van der Waals surface area contributed by atoms with Crippen LogP contribution >= 0.6 is 11.6 Å². The van der Waals surface area contributed by atoms with Crippen molar-refractivity contribution in [2.45, 2.75) is 34.9 Å². The Morgan fingerprint density at radius 1 is 0.933 bits per heavy atom. The Balaban J connectivity index is 1.72. The fourth-order valence-electron chi connectivity index (χ4n) is 3.13. The first kappa shape index (κ1) is 23.0. The molecule has 1 heterocycles. The zero-order valence-electron chi connectivity index (χ0n) is 15.4. The first-order valence-electron chi connectivity index (χ1n) is 8.85. The van der Waals surface area contributed by atoms with Crippen LogP contribution in [0.15, 0.2) is 58.3 Å². The molecule has 1 aliphatic rings. The Labute approximate surface area is 177 Å². The molecule has 0 aliphatic carbocycles. The molecule has 0 radical (unpaired) electrons. The smallest absolute Gasteiger partial charge is 0.208 e. The predicted octanol–water partition coefficient (Wildman–Crippen LogP) is 3.49. The van der Waals surface area contributed by atoms with E-state index in [0.29, 0.717) is 6.07 Å². The predicted molar refractivity (Wildman–Crippen MR) is 105 cm³/mol. The fourth-order valence-corrected chi connectivity index (χ4v) is 6.18. The molecular weight excluding hydrogens is 465 g/mol. The van der Waals surface area contributed by atoms with Gasteiger partial charge >= 0.3 is 6.18 Å². The van der Waals surface area contributed by atoms with Crippen LogP contribution in [0.2, 0.25) is 5.02 Å². The van der Waals surface area contributed by atoms with Gasteiger partial charge in [0, 0.05) is 19.1 Å². The van der Waals surface area contributed by atoms with Crippen molar-refractivity contribution < 1.29 is 30.0 Å². The number of alkyl halides is 3. The van der Waals surface area contributed by atoms with E-state index in [-0.39, 0.29) is 30.8 Å². The average Bonchev–Trinajstić information content (AvgIpc) is 2.68. The Kier molecular flexibility index (Phi) is 6.49. The van der Waals surface area contributed by atoms with Gasteiger partial charge in [0.25, 0.3) is 0 Å². The summed E-state index contributed by atoms with van der Waals surface area (Å²) in [6.45, 7) is -0.0669. The second-order valence-corrected chi connectivity index (χ2v) is 10.8. The van der Waals surface area contributed by atoms with Crippen molar-refractivity contribution in [3.63, 3.8) is 0 Å². The molecule has 0 unspecified atom stereocenters. The number of hydrogen-bond acceptors (Lipinski definition) is 4. The monoisotopic (exact) mass is 482 g/mol. The number of halogens is 4. The quantitative estimate of drug-likeness (QED) is 0.707. The minimum Gasteiger partial charge on any atom is -0.208 e. The van der Waals surface area contributed by atoms with Gasteiger partial charge in [-0.15, -0.1) is 0 Å². The molecule has 1 fully saturated rings. The number of sulfonamides is 2. The van der Waals surface area contributed by atoms with Crippen LogP contribution < -0.4 is 4.72 Å². The van der Waals surface area contributed by atoms with Crippen LogP contribution in [0.25, 0.3) is 0 Å². The van der Waals surface area contributed by atoms with Crippen LogP contribution in [0.4, 0.5) is 13.2 Å². The maximum Gasteiger partial charge on any atom is 0.417 e. The molecule has 30 heavy (non-hydrogen) atoms. The molecule has 2 aromatic carbocycles. The van der Waals surface area contributed by atoms with Gasteiger partial charge in [0.05, 0.1) is 20.4 Å². The van der Waals surface area contributed by atoms with Gasteiger partial charge in [-0.2, -0.15) is 17.5 Å². The van der Waals surface area contributed by atoms with E-state index in [1.807, 2.05) is 0 Å². The van der Waals surface area contributed by atoms with Gasteiger partial charge in [0.2, 0.25) is 20.0 Å². The van der Waals surface area contributed by atoms with E-state index >= 15 is 0 Å². The second-order valence-electron chi connectivity index (χ2n) is 6.75. The van der Waals surface area contributed by atoms with E-state index in [2.05, 4.69) is 4.72 Å². The molecule has 6 nitrogen and oxygen atoms in total. The van der Waals surface area contributed by atoms with Crippen molar-refractivity contribution >= 4 is 31.6 Å². The van der Waals surface area contributed by atoms with Gasteiger partial charge in [0.1, 0.15) is 0 Å². The molecule has 0 bridgehead atoms. The number of nitrogens with zero attached hydrogens (tertiary/aromatic N) is 1. The minimum absolute atomic E-state index is 0.0334. The molecule has 1 aliphatic heterocycles. The molecule has 0 amide bonds. The average molecular weight is 483 g/mol. The molecule has 0 spiro atoms. The van der Waals surface area contributed by atoms with E-state index < -0.39 is 47.7 Å². The summed E-state index contributed by atoms with van der Waals surface area (Å²) < 4.78 is 93.1. The van der Waals surface area contributed by atoms with Crippen molar-refractivity contribution in [2.75, 3.05) is 13.1 Å². The van der Waals surface area contributed by atoms with E-state index in [1.165, 1.54) is 12.1 Å². The maximum absolute atomic E-state index is 13.0. The van der Waals surface area contributed by atoms with E-state index in [0.717, 1.165) is 16.4 Å². The van der Waals surface area contributed by atoms with Gasteiger partial charge in [0.15, 0.2) is 0 Å². The fraction of sp³-hybridized carbons (Fsp3) is 0.333. The molecule has 1 saturated heterocycles. The summed E-state index contributed by atoms with van der Waals surface area (Å²) in [6, 6.07) is 9.70. The number of hydrogen-bond donors (Lipinski definition) is 1. The molecule has 2 aromatic rings. The first-order valence-corrected chi connectivity index (χ1v) is 12.2. The Hall–Kier alpha value is -1.66. The second kappa shape index (κ2) is 8.46. The Bertz CT molecular complexity index is 1120.